The Bertz CT molecular complexity index is 850. The van der Waals surface area contributed by atoms with Gasteiger partial charge in [0.2, 0.25) is 5.91 Å². The van der Waals surface area contributed by atoms with Crippen LogP contribution in [0, 0.1) is 0 Å². The summed E-state index contributed by atoms with van der Waals surface area (Å²) in [6.45, 7) is 1.43. The second kappa shape index (κ2) is 10.7. The molecule has 2 rings (SSSR count). The van der Waals surface area contributed by atoms with Crippen LogP contribution in [0.25, 0.3) is 0 Å². The third-order valence-electron chi connectivity index (χ3n) is 4.23. The molecule has 0 saturated carbocycles. The maximum absolute atomic E-state index is 12.3. The van der Waals surface area contributed by atoms with Crippen LogP contribution in [0.15, 0.2) is 36.5 Å². The lowest BCUT2D eigenvalue weighted by Gasteiger charge is -2.16. The van der Waals surface area contributed by atoms with Crippen LogP contribution < -0.4 is 10.6 Å². The van der Waals surface area contributed by atoms with Gasteiger partial charge in [0.15, 0.2) is 5.82 Å². The number of nitrogens with one attached hydrogen (secondary N) is 3. The molecule has 2 unspecified atom stereocenters. The molecule has 0 aliphatic rings. The van der Waals surface area contributed by atoms with Crippen molar-refractivity contribution < 1.29 is 24.3 Å². The first kappa shape index (κ1) is 21.8. The van der Waals surface area contributed by atoms with Crippen LogP contribution in [0.2, 0.25) is 0 Å². The standard InChI is InChI=1S/C20H24N4O5/c1-13(19(28)24-16(12-25)10-17(26)27)22-20(29)18-21-11-15(23-18)9-5-8-14-6-3-2-4-7-14/h2-4,6-7,11-13,16H,5,8-10H2,1H3,(H,21,23)(H,22,29)(H,24,28)(H,26,27). The first-order chi connectivity index (χ1) is 13.9. The van der Waals surface area contributed by atoms with Gasteiger partial charge < -0.3 is 25.5 Å². The molecule has 2 atom stereocenters. The number of hydrogen-bond acceptors (Lipinski definition) is 5. The molecule has 154 valence electrons. The van der Waals surface area contributed by atoms with Gasteiger partial charge in [-0.2, -0.15) is 0 Å². The lowest BCUT2D eigenvalue weighted by Crippen LogP contribution is -2.49. The number of carboxylic acids is 1. The number of carboxylic acid groups (broad SMARTS) is 1. The van der Waals surface area contributed by atoms with E-state index < -0.39 is 36.3 Å². The third kappa shape index (κ3) is 7.21. The summed E-state index contributed by atoms with van der Waals surface area (Å²) in [7, 11) is 0. The number of benzene rings is 1. The third-order valence-corrected chi connectivity index (χ3v) is 4.23. The van der Waals surface area contributed by atoms with E-state index in [1.165, 1.54) is 12.5 Å². The Kier molecular flexibility index (Phi) is 8.08. The summed E-state index contributed by atoms with van der Waals surface area (Å²) >= 11 is 0. The molecule has 2 amide bonds. The zero-order valence-electron chi connectivity index (χ0n) is 16.1. The number of imidazole rings is 1. The van der Waals surface area contributed by atoms with E-state index >= 15 is 0 Å². The van der Waals surface area contributed by atoms with Gasteiger partial charge in [-0.1, -0.05) is 30.3 Å². The SMILES string of the molecule is CC(NC(=O)c1ncc(CCCc2ccccc2)[nH]1)C(=O)NC(C=O)CC(=O)O. The summed E-state index contributed by atoms with van der Waals surface area (Å²) in [5.41, 5.74) is 2.05. The number of rotatable bonds is 11. The summed E-state index contributed by atoms with van der Waals surface area (Å²) in [5.74, 6) is -2.36. The van der Waals surface area contributed by atoms with Crippen molar-refractivity contribution in [2.45, 2.75) is 44.7 Å². The maximum Gasteiger partial charge on any atom is 0.305 e. The Morgan fingerprint density at radius 2 is 1.90 bits per heavy atom. The molecular formula is C20H24N4O5. The highest BCUT2D eigenvalue weighted by molar-refractivity contribution is 5.95. The van der Waals surface area contributed by atoms with Gasteiger partial charge in [0, 0.05) is 11.9 Å². The molecule has 0 saturated heterocycles. The average Bonchev–Trinajstić information content (AvgIpc) is 3.17. The second-order valence-electron chi connectivity index (χ2n) is 6.64. The zero-order valence-corrected chi connectivity index (χ0v) is 16.1. The van der Waals surface area contributed by atoms with Crippen molar-refractivity contribution in [2.75, 3.05) is 0 Å². The Labute approximate surface area is 167 Å². The molecule has 0 aliphatic heterocycles. The molecule has 9 heteroatoms. The van der Waals surface area contributed by atoms with Crippen LogP contribution in [-0.4, -0.2) is 51.2 Å². The smallest absolute Gasteiger partial charge is 0.305 e. The van der Waals surface area contributed by atoms with Crippen molar-refractivity contribution in [3.63, 3.8) is 0 Å². The number of carbonyl (C=O) groups excluding carboxylic acids is 3. The average molecular weight is 400 g/mol. The fourth-order valence-electron chi connectivity index (χ4n) is 2.69. The van der Waals surface area contributed by atoms with Gasteiger partial charge in [0.25, 0.3) is 5.91 Å². The molecule has 1 heterocycles. The molecule has 0 aliphatic carbocycles. The topological polar surface area (TPSA) is 141 Å². The van der Waals surface area contributed by atoms with Crippen LogP contribution in [0.5, 0.6) is 0 Å². The lowest BCUT2D eigenvalue weighted by molar-refractivity contribution is -0.138. The first-order valence-corrected chi connectivity index (χ1v) is 9.25. The van der Waals surface area contributed by atoms with Crippen LogP contribution in [0.1, 0.15) is 41.6 Å². The molecule has 9 nitrogen and oxygen atoms in total. The predicted molar refractivity (Wildman–Crippen MR) is 104 cm³/mol. The van der Waals surface area contributed by atoms with Gasteiger partial charge in [-0.15, -0.1) is 0 Å². The fourth-order valence-corrected chi connectivity index (χ4v) is 2.69. The molecule has 0 radical (unpaired) electrons. The minimum absolute atomic E-state index is 0.0804. The molecule has 0 fully saturated rings. The normalized spacial score (nSPS) is 12.6. The van der Waals surface area contributed by atoms with Crippen LogP contribution in [0.3, 0.4) is 0 Å². The Hall–Kier alpha value is -3.49. The van der Waals surface area contributed by atoms with Crippen molar-refractivity contribution in [3.8, 4) is 0 Å². The van der Waals surface area contributed by atoms with E-state index in [0.29, 0.717) is 6.29 Å². The van der Waals surface area contributed by atoms with E-state index in [1.807, 2.05) is 18.2 Å². The summed E-state index contributed by atoms with van der Waals surface area (Å²) in [4.78, 5) is 52.7. The molecule has 1 aromatic heterocycles. The monoisotopic (exact) mass is 400 g/mol. The predicted octanol–water partition coefficient (Wildman–Crippen LogP) is 0.862. The summed E-state index contributed by atoms with van der Waals surface area (Å²) in [5, 5.41) is 13.4. The maximum atomic E-state index is 12.3. The minimum atomic E-state index is -1.21. The van der Waals surface area contributed by atoms with Crippen molar-refractivity contribution in [3.05, 3.63) is 53.6 Å². The lowest BCUT2D eigenvalue weighted by atomic mass is 10.1. The number of amides is 2. The molecule has 0 bridgehead atoms. The highest BCUT2D eigenvalue weighted by Gasteiger charge is 2.22. The first-order valence-electron chi connectivity index (χ1n) is 9.25. The van der Waals surface area contributed by atoms with Gasteiger partial charge >= 0.3 is 5.97 Å². The van der Waals surface area contributed by atoms with E-state index in [9.17, 15) is 19.2 Å². The molecular weight excluding hydrogens is 376 g/mol. The van der Waals surface area contributed by atoms with Gasteiger partial charge in [-0.25, -0.2) is 4.98 Å². The van der Waals surface area contributed by atoms with E-state index in [0.717, 1.165) is 25.0 Å². The van der Waals surface area contributed by atoms with E-state index in [-0.39, 0.29) is 5.82 Å². The Balaban J connectivity index is 1.81. The Morgan fingerprint density at radius 3 is 2.55 bits per heavy atom. The van der Waals surface area contributed by atoms with Crippen molar-refractivity contribution in [1.29, 1.82) is 0 Å². The van der Waals surface area contributed by atoms with Gasteiger partial charge in [-0.05, 0) is 31.7 Å². The van der Waals surface area contributed by atoms with Crippen LogP contribution in [0.4, 0.5) is 0 Å². The summed E-state index contributed by atoms with van der Waals surface area (Å²) < 4.78 is 0. The van der Waals surface area contributed by atoms with Crippen molar-refractivity contribution >= 4 is 24.1 Å². The van der Waals surface area contributed by atoms with E-state index in [2.05, 4.69) is 32.7 Å². The van der Waals surface area contributed by atoms with E-state index in [4.69, 9.17) is 5.11 Å². The highest BCUT2D eigenvalue weighted by Crippen LogP contribution is 2.07. The summed E-state index contributed by atoms with van der Waals surface area (Å²) in [6.07, 6.45) is 3.92. The number of H-pyrrole nitrogens is 1. The molecule has 1 aromatic carbocycles. The van der Waals surface area contributed by atoms with Crippen molar-refractivity contribution in [2.24, 2.45) is 0 Å². The second-order valence-corrected chi connectivity index (χ2v) is 6.64. The fraction of sp³-hybridized carbons (Fsp3) is 0.350. The minimum Gasteiger partial charge on any atom is -0.481 e. The van der Waals surface area contributed by atoms with Crippen LogP contribution in [-0.2, 0) is 27.2 Å². The largest absolute Gasteiger partial charge is 0.481 e. The highest BCUT2D eigenvalue weighted by atomic mass is 16.4. The zero-order chi connectivity index (χ0) is 21.2. The number of aromatic amines is 1. The van der Waals surface area contributed by atoms with Gasteiger partial charge in [0.1, 0.15) is 12.3 Å². The number of aryl methyl sites for hydroxylation is 2. The number of aliphatic carboxylic acids is 1. The van der Waals surface area contributed by atoms with Crippen LogP contribution >= 0.6 is 0 Å². The molecule has 2 aromatic rings. The number of aromatic nitrogens is 2. The van der Waals surface area contributed by atoms with E-state index in [1.54, 1.807) is 6.20 Å². The quantitative estimate of drug-likeness (QED) is 0.412. The summed E-state index contributed by atoms with van der Waals surface area (Å²) in [6, 6.07) is 7.95. The van der Waals surface area contributed by atoms with Gasteiger partial charge in [0.05, 0.1) is 12.5 Å². The van der Waals surface area contributed by atoms with Gasteiger partial charge in [-0.3, -0.25) is 14.4 Å². The number of nitrogens with zero attached hydrogens (tertiary/aromatic N) is 1. The number of hydrogen-bond donors (Lipinski definition) is 4. The Morgan fingerprint density at radius 1 is 1.17 bits per heavy atom. The molecule has 29 heavy (non-hydrogen) atoms. The number of aldehydes is 1. The van der Waals surface area contributed by atoms with Crippen molar-refractivity contribution in [1.82, 2.24) is 20.6 Å². The number of carbonyl (C=O) groups is 4. The molecule has 0 spiro atoms. The molecule has 4 N–H and O–H groups in total.